The van der Waals surface area contributed by atoms with E-state index in [-0.39, 0.29) is 0 Å². The minimum Gasteiger partial charge on any atom is -0.387 e. The summed E-state index contributed by atoms with van der Waals surface area (Å²) in [5.74, 6) is 0. The number of hydrogen-bond acceptors (Lipinski definition) is 3. The molecule has 0 radical (unpaired) electrons. The van der Waals surface area contributed by atoms with Crippen LogP contribution in [0.25, 0.3) is 0 Å². The molecule has 3 nitrogen and oxygen atoms in total. The molecule has 0 rings (SSSR count). The molecule has 74 valence electrons. The van der Waals surface area contributed by atoms with Crippen molar-refractivity contribution in [3.05, 3.63) is 0 Å². The maximum Gasteiger partial charge on any atom is 0.0926 e. The van der Waals surface area contributed by atoms with Gasteiger partial charge in [0.25, 0.3) is 0 Å². The van der Waals surface area contributed by atoms with Crippen molar-refractivity contribution in [1.29, 1.82) is 0 Å². The first kappa shape index (κ1) is 11.9. The fourth-order valence-corrected chi connectivity index (χ4v) is 0.973. The van der Waals surface area contributed by atoms with Gasteiger partial charge in [0, 0.05) is 0 Å². The molecule has 0 saturated carbocycles. The van der Waals surface area contributed by atoms with Crippen molar-refractivity contribution in [2.45, 2.75) is 57.7 Å². The van der Waals surface area contributed by atoms with Crippen LogP contribution in [0, 0.1) is 0 Å². The Balaban J connectivity index is 3.88. The molecule has 0 aromatic rings. The van der Waals surface area contributed by atoms with Crippen LogP contribution in [0.1, 0.15) is 46.5 Å². The van der Waals surface area contributed by atoms with Crippen molar-refractivity contribution in [2.24, 2.45) is 11.5 Å². The number of hydrogen-bond donors (Lipinski definition) is 3. The van der Waals surface area contributed by atoms with Crippen LogP contribution in [-0.2, 0) is 0 Å². The summed E-state index contributed by atoms with van der Waals surface area (Å²) < 4.78 is 0. The summed E-state index contributed by atoms with van der Waals surface area (Å²) in [5.41, 5.74) is 9.57. The molecule has 0 aliphatic heterocycles. The molecular formula is C9H22N2O. The first-order valence-corrected chi connectivity index (χ1v) is 4.61. The highest BCUT2D eigenvalue weighted by atomic mass is 16.3. The van der Waals surface area contributed by atoms with E-state index >= 15 is 0 Å². The van der Waals surface area contributed by atoms with Gasteiger partial charge in [-0.15, -0.1) is 0 Å². The van der Waals surface area contributed by atoms with E-state index in [1.165, 1.54) is 0 Å². The zero-order valence-corrected chi connectivity index (χ0v) is 8.43. The van der Waals surface area contributed by atoms with Crippen LogP contribution < -0.4 is 11.5 Å². The lowest BCUT2D eigenvalue weighted by atomic mass is 9.88. The van der Waals surface area contributed by atoms with Crippen molar-refractivity contribution < 1.29 is 5.11 Å². The fourth-order valence-electron chi connectivity index (χ4n) is 0.973. The second-order valence-corrected chi connectivity index (χ2v) is 4.06. The lowest BCUT2D eigenvalue weighted by Gasteiger charge is -2.36. The van der Waals surface area contributed by atoms with Gasteiger partial charge in [0.05, 0.1) is 11.3 Å². The molecule has 0 heterocycles. The number of nitrogens with two attached hydrogens (primary N) is 2. The molecular weight excluding hydrogens is 152 g/mol. The van der Waals surface area contributed by atoms with Gasteiger partial charge in [0.15, 0.2) is 0 Å². The zero-order valence-electron chi connectivity index (χ0n) is 8.43. The van der Waals surface area contributed by atoms with Gasteiger partial charge in [-0.05, 0) is 20.3 Å². The van der Waals surface area contributed by atoms with Gasteiger partial charge in [-0.3, -0.25) is 0 Å². The Morgan fingerprint density at radius 2 is 1.67 bits per heavy atom. The molecule has 12 heavy (non-hydrogen) atoms. The summed E-state index contributed by atoms with van der Waals surface area (Å²) in [6.45, 7) is 5.43. The Kier molecular flexibility index (Phi) is 4.17. The normalized spacial score (nSPS) is 13.5. The van der Waals surface area contributed by atoms with Crippen molar-refractivity contribution in [3.63, 3.8) is 0 Å². The molecule has 0 unspecified atom stereocenters. The van der Waals surface area contributed by atoms with E-state index in [2.05, 4.69) is 6.92 Å². The van der Waals surface area contributed by atoms with Crippen LogP contribution >= 0.6 is 0 Å². The van der Waals surface area contributed by atoms with Gasteiger partial charge < -0.3 is 16.6 Å². The molecule has 3 heteroatoms. The molecule has 0 aromatic carbocycles. The Morgan fingerprint density at radius 3 is 2.00 bits per heavy atom. The van der Waals surface area contributed by atoms with Gasteiger partial charge in [-0.1, -0.05) is 26.2 Å². The molecule has 5 N–H and O–H groups in total. The van der Waals surface area contributed by atoms with E-state index in [0.29, 0.717) is 6.42 Å². The van der Waals surface area contributed by atoms with E-state index in [1.807, 2.05) is 0 Å². The summed E-state index contributed by atoms with van der Waals surface area (Å²) in [7, 11) is 0. The van der Waals surface area contributed by atoms with Crippen LogP contribution in [0.5, 0.6) is 0 Å². The van der Waals surface area contributed by atoms with Crippen LogP contribution in [-0.4, -0.2) is 16.4 Å². The third kappa shape index (κ3) is 3.52. The Labute approximate surface area is 75.1 Å². The summed E-state index contributed by atoms with van der Waals surface area (Å²) in [6, 6.07) is 0. The van der Waals surface area contributed by atoms with E-state index in [0.717, 1.165) is 19.3 Å². The topological polar surface area (TPSA) is 72.3 Å². The molecule has 0 amide bonds. The number of rotatable bonds is 5. The maximum atomic E-state index is 9.59. The SMILES string of the molecule is CCCCCC(N)(N)C(C)(C)O. The molecule has 0 spiro atoms. The predicted molar refractivity (Wildman–Crippen MR) is 51.5 cm³/mol. The van der Waals surface area contributed by atoms with E-state index < -0.39 is 11.3 Å². The molecule has 0 aliphatic carbocycles. The molecule has 0 aromatic heterocycles. The summed E-state index contributed by atoms with van der Waals surface area (Å²) in [4.78, 5) is 0. The van der Waals surface area contributed by atoms with Gasteiger partial charge in [-0.25, -0.2) is 0 Å². The highest BCUT2D eigenvalue weighted by Gasteiger charge is 2.35. The Bertz CT molecular complexity index is 127. The third-order valence-corrected chi connectivity index (χ3v) is 2.33. The second kappa shape index (κ2) is 4.21. The summed E-state index contributed by atoms with van der Waals surface area (Å²) in [6.07, 6.45) is 3.91. The van der Waals surface area contributed by atoms with Crippen LogP contribution in [0.4, 0.5) is 0 Å². The van der Waals surface area contributed by atoms with E-state index in [1.54, 1.807) is 13.8 Å². The van der Waals surface area contributed by atoms with Gasteiger partial charge >= 0.3 is 0 Å². The highest BCUT2D eigenvalue weighted by molar-refractivity contribution is 4.92. The monoisotopic (exact) mass is 174 g/mol. The third-order valence-electron chi connectivity index (χ3n) is 2.33. The first-order chi connectivity index (χ1) is 5.31. The molecule has 0 aliphatic rings. The Morgan fingerprint density at radius 1 is 1.17 bits per heavy atom. The molecule has 0 atom stereocenters. The average molecular weight is 174 g/mol. The molecule has 0 bridgehead atoms. The summed E-state index contributed by atoms with van der Waals surface area (Å²) >= 11 is 0. The van der Waals surface area contributed by atoms with Crippen LogP contribution in [0.2, 0.25) is 0 Å². The van der Waals surface area contributed by atoms with Gasteiger partial charge in [-0.2, -0.15) is 0 Å². The maximum absolute atomic E-state index is 9.59. The lowest BCUT2D eigenvalue weighted by molar-refractivity contribution is -0.00524. The Hall–Kier alpha value is -0.120. The first-order valence-electron chi connectivity index (χ1n) is 4.61. The zero-order chi connectivity index (χ0) is 9.83. The average Bonchev–Trinajstić information content (AvgIpc) is 1.85. The summed E-state index contributed by atoms with van der Waals surface area (Å²) in [5, 5.41) is 9.59. The van der Waals surface area contributed by atoms with Crippen LogP contribution in [0.15, 0.2) is 0 Å². The van der Waals surface area contributed by atoms with Gasteiger partial charge in [0.2, 0.25) is 0 Å². The largest absolute Gasteiger partial charge is 0.387 e. The number of unbranched alkanes of at least 4 members (excludes halogenated alkanes) is 2. The highest BCUT2D eigenvalue weighted by Crippen LogP contribution is 2.19. The quantitative estimate of drug-likeness (QED) is 0.429. The van der Waals surface area contributed by atoms with Crippen LogP contribution in [0.3, 0.4) is 0 Å². The molecule has 0 saturated heterocycles. The fraction of sp³-hybridized carbons (Fsp3) is 1.00. The second-order valence-electron chi connectivity index (χ2n) is 4.06. The minimum atomic E-state index is -0.999. The number of aliphatic hydroxyl groups is 1. The van der Waals surface area contributed by atoms with Crippen molar-refractivity contribution in [1.82, 2.24) is 0 Å². The van der Waals surface area contributed by atoms with E-state index in [9.17, 15) is 5.11 Å². The van der Waals surface area contributed by atoms with Gasteiger partial charge in [0.1, 0.15) is 0 Å². The standard InChI is InChI=1S/C9H22N2O/c1-4-5-6-7-9(10,11)8(2,3)12/h12H,4-7,10-11H2,1-3H3. The van der Waals surface area contributed by atoms with Crippen molar-refractivity contribution in [2.75, 3.05) is 0 Å². The smallest absolute Gasteiger partial charge is 0.0926 e. The van der Waals surface area contributed by atoms with Crippen molar-refractivity contribution >= 4 is 0 Å². The minimum absolute atomic E-state index is 0.671. The van der Waals surface area contributed by atoms with E-state index in [4.69, 9.17) is 11.5 Å². The lowest BCUT2D eigenvalue weighted by Crippen LogP contribution is -2.64. The predicted octanol–water partition coefficient (Wildman–Crippen LogP) is 0.951. The molecule has 0 fully saturated rings. The van der Waals surface area contributed by atoms with Crippen molar-refractivity contribution in [3.8, 4) is 0 Å².